The van der Waals surface area contributed by atoms with E-state index in [9.17, 15) is 13.6 Å². The van der Waals surface area contributed by atoms with Crippen LogP contribution in [0.4, 0.5) is 14.6 Å². The van der Waals surface area contributed by atoms with Crippen LogP contribution in [0.5, 0.6) is 5.88 Å². The molecule has 0 saturated carbocycles. The van der Waals surface area contributed by atoms with Gasteiger partial charge in [0, 0.05) is 31.8 Å². The van der Waals surface area contributed by atoms with E-state index in [1.54, 1.807) is 19.2 Å². The van der Waals surface area contributed by atoms with Crippen molar-refractivity contribution in [2.75, 3.05) is 38.2 Å². The van der Waals surface area contributed by atoms with Crippen LogP contribution in [-0.2, 0) is 4.79 Å². The number of aromatic nitrogens is 2. The number of likely N-dealkylation sites (N-methyl/N-ethyl adjacent to an activating group) is 1. The van der Waals surface area contributed by atoms with Gasteiger partial charge >= 0.3 is 0 Å². The van der Waals surface area contributed by atoms with Crippen molar-refractivity contribution < 1.29 is 18.3 Å². The molecule has 0 aliphatic carbocycles. The Morgan fingerprint density at radius 1 is 1.27 bits per heavy atom. The van der Waals surface area contributed by atoms with E-state index in [0.29, 0.717) is 35.9 Å². The number of carbonyl (C=O) groups is 1. The van der Waals surface area contributed by atoms with E-state index < -0.39 is 6.43 Å². The van der Waals surface area contributed by atoms with Gasteiger partial charge in [0.05, 0.1) is 17.9 Å². The molecule has 0 bridgehead atoms. The summed E-state index contributed by atoms with van der Waals surface area (Å²) >= 11 is 0. The molecule has 1 aromatic carbocycles. The van der Waals surface area contributed by atoms with Gasteiger partial charge in [-0.1, -0.05) is 24.3 Å². The minimum Gasteiger partial charge on any atom is -0.470 e. The summed E-state index contributed by atoms with van der Waals surface area (Å²) in [4.78, 5) is 13.3. The van der Waals surface area contributed by atoms with Crippen LogP contribution in [0, 0.1) is 0 Å². The van der Waals surface area contributed by atoms with Crippen LogP contribution in [0.1, 0.15) is 17.6 Å². The fraction of sp³-hybridized carbons (Fsp3) is 0.316. The first-order valence-electron chi connectivity index (χ1n) is 9.19. The summed E-state index contributed by atoms with van der Waals surface area (Å²) in [6, 6.07) is 8.98. The molecule has 2 aromatic rings. The first kappa shape index (κ1) is 21.2. The van der Waals surface area contributed by atoms with Crippen LogP contribution in [0.15, 0.2) is 42.1 Å². The van der Waals surface area contributed by atoms with E-state index in [1.165, 1.54) is 29.3 Å². The fourth-order valence-corrected chi connectivity index (χ4v) is 2.88. The number of rotatable bonds is 7. The molecule has 1 aromatic heterocycles. The van der Waals surface area contributed by atoms with Crippen molar-refractivity contribution in [3.05, 3.63) is 53.2 Å². The highest BCUT2D eigenvalue weighted by Gasteiger charge is 2.18. The molecule has 0 unspecified atom stereocenters. The predicted octanol–water partition coefficient (Wildman–Crippen LogP) is 0.862. The minimum atomic E-state index is -2.55. The third-order valence-corrected chi connectivity index (χ3v) is 4.56. The standard InChI is InChI=1S/C19H23F2N7O2/c1-27(23)14(18(22)12-2-4-13(5-3-12)19(20)21)11-30-17-7-6-15(25-26-17)28-9-8-24-16(29)10-28/h2-7,19H,8-11,22-23H2,1H3,(H,24,29)/b18-14-. The van der Waals surface area contributed by atoms with Crippen LogP contribution < -0.4 is 26.5 Å². The van der Waals surface area contributed by atoms with Gasteiger partial charge in [0.1, 0.15) is 6.61 Å². The van der Waals surface area contributed by atoms with E-state index in [4.69, 9.17) is 16.3 Å². The first-order chi connectivity index (χ1) is 14.3. The summed E-state index contributed by atoms with van der Waals surface area (Å²) in [7, 11) is 1.59. The highest BCUT2D eigenvalue weighted by Crippen LogP contribution is 2.22. The number of halogens is 2. The van der Waals surface area contributed by atoms with Crippen LogP contribution in [0.2, 0.25) is 0 Å². The second-order valence-electron chi connectivity index (χ2n) is 6.68. The Balaban J connectivity index is 1.69. The van der Waals surface area contributed by atoms with Crippen LogP contribution in [-0.4, -0.2) is 54.4 Å². The Bertz CT molecular complexity index is 902. The Kier molecular flexibility index (Phi) is 6.62. The quantitative estimate of drug-likeness (QED) is 0.446. The number of hydrogen-bond donors (Lipinski definition) is 3. The Morgan fingerprint density at radius 2 is 2.00 bits per heavy atom. The average molecular weight is 419 g/mol. The number of anilines is 1. The SMILES string of the molecule is CN(N)/C(COc1ccc(N2CCNC(=O)C2)nn1)=C(\N)c1ccc(C(F)F)cc1. The van der Waals surface area contributed by atoms with E-state index in [2.05, 4.69) is 15.5 Å². The van der Waals surface area contributed by atoms with Gasteiger partial charge in [-0.2, -0.15) is 0 Å². The predicted molar refractivity (Wildman–Crippen MR) is 107 cm³/mol. The molecule has 160 valence electrons. The summed E-state index contributed by atoms with van der Waals surface area (Å²) in [6.07, 6.45) is -2.55. The van der Waals surface area contributed by atoms with Gasteiger partial charge < -0.3 is 25.7 Å². The zero-order valence-corrected chi connectivity index (χ0v) is 16.4. The van der Waals surface area contributed by atoms with E-state index in [0.717, 1.165) is 0 Å². The maximum absolute atomic E-state index is 12.7. The third-order valence-electron chi connectivity index (χ3n) is 4.56. The van der Waals surface area contributed by atoms with Gasteiger partial charge in [-0.3, -0.25) is 4.79 Å². The average Bonchev–Trinajstić information content (AvgIpc) is 2.74. The number of ether oxygens (including phenoxy) is 1. The molecule has 1 saturated heterocycles. The first-order valence-corrected chi connectivity index (χ1v) is 9.19. The van der Waals surface area contributed by atoms with E-state index in [-0.39, 0.29) is 30.5 Å². The van der Waals surface area contributed by atoms with Crippen molar-refractivity contribution in [1.82, 2.24) is 20.5 Å². The van der Waals surface area contributed by atoms with Crippen LogP contribution >= 0.6 is 0 Å². The second kappa shape index (κ2) is 9.35. The van der Waals surface area contributed by atoms with Crippen molar-refractivity contribution in [2.45, 2.75) is 6.43 Å². The Hall–Kier alpha value is -3.47. The zero-order chi connectivity index (χ0) is 21.7. The summed E-state index contributed by atoms with van der Waals surface area (Å²) in [5, 5.41) is 12.2. The maximum atomic E-state index is 12.7. The number of nitrogens with two attached hydrogens (primary N) is 2. The highest BCUT2D eigenvalue weighted by molar-refractivity contribution is 5.82. The molecule has 1 aliphatic heterocycles. The molecule has 1 aliphatic rings. The normalized spacial score (nSPS) is 15.0. The van der Waals surface area contributed by atoms with Crippen molar-refractivity contribution in [3.63, 3.8) is 0 Å². The van der Waals surface area contributed by atoms with Crippen LogP contribution in [0.3, 0.4) is 0 Å². The number of benzene rings is 1. The van der Waals surface area contributed by atoms with Crippen molar-refractivity contribution in [3.8, 4) is 5.88 Å². The third kappa shape index (κ3) is 5.11. The van der Waals surface area contributed by atoms with Crippen molar-refractivity contribution >= 4 is 17.4 Å². The molecule has 11 heteroatoms. The number of piperazine rings is 1. The fourth-order valence-electron chi connectivity index (χ4n) is 2.88. The molecule has 0 spiro atoms. The lowest BCUT2D eigenvalue weighted by molar-refractivity contribution is -0.120. The lowest BCUT2D eigenvalue weighted by atomic mass is 10.1. The zero-order valence-electron chi connectivity index (χ0n) is 16.4. The summed E-state index contributed by atoms with van der Waals surface area (Å²) in [5.41, 5.74) is 7.37. The lowest BCUT2D eigenvalue weighted by Gasteiger charge is -2.27. The van der Waals surface area contributed by atoms with E-state index in [1.807, 2.05) is 4.90 Å². The largest absolute Gasteiger partial charge is 0.470 e. The van der Waals surface area contributed by atoms with Gasteiger partial charge in [0.25, 0.3) is 6.43 Å². The number of nitrogens with one attached hydrogen (secondary N) is 1. The minimum absolute atomic E-state index is 0.00439. The summed E-state index contributed by atoms with van der Waals surface area (Å²) in [5.74, 6) is 6.62. The molecule has 0 atom stereocenters. The Morgan fingerprint density at radius 3 is 2.57 bits per heavy atom. The topological polar surface area (TPSA) is 123 Å². The number of hydrazine groups is 1. The number of hydrogen-bond acceptors (Lipinski definition) is 8. The Labute approximate surface area is 172 Å². The molecule has 0 radical (unpaired) electrons. The van der Waals surface area contributed by atoms with Gasteiger partial charge in [0.2, 0.25) is 11.8 Å². The van der Waals surface area contributed by atoms with Gasteiger partial charge in [-0.25, -0.2) is 14.6 Å². The molecule has 9 nitrogen and oxygen atoms in total. The molecule has 30 heavy (non-hydrogen) atoms. The smallest absolute Gasteiger partial charge is 0.263 e. The molecular formula is C19H23F2N7O2. The highest BCUT2D eigenvalue weighted by atomic mass is 19.3. The lowest BCUT2D eigenvalue weighted by Crippen LogP contribution is -2.48. The number of alkyl halides is 2. The van der Waals surface area contributed by atoms with Crippen molar-refractivity contribution in [2.24, 2.45) is 11.6 Å². The molecule has 5 N–H and O–H groups in total. The monoisotopic (exact) mass is 419 g/mol. The molecule has 2 heterocycles. The number of carbonyl (C=O) groups excluding carboxylic acids is 1. The molecule has 1 amide bonds. The van der Waals surface area contributed by atoms with Gasteiger partial charge in [-0.15, -0.1) is 10.2 Å². The number of amides is 1. The van der Waals surface area contributed by atoms with Gasteiger partial charge in [0.15, 0.2) is 5.82 Å². The van der Waals surface area contributed by atoms with Crippen molar-refractivity contribution in [1.29, 1.82) is 0 Å². The van der Waals surface area contributed by atoms with Crippen LogP contribution in [0.25, 0.3) is 5.70 Å². The van der Waals surface area contributed by atoms with Gasteiger partial charge in [-0.05, 0) is 11.6 Å². The summed E-state index contributed by atoms with van der Waals surface area (Å²) < 4.78 is 31.1. The molecular weight excluding hydrogens is 396 g/mol. The maximum Gasteiger partial charge on any atom is 0.263 e. The molecule has 1 fully saturated rings. The second-order valence-corrected chi connectivity index (χ2v) is 6.68. The van der Waals surface area contributed by atoms with E-state index >= 15 is 0 Å². The molecule has 3 rings (SSSR count). The number of nitrogens with zero attached hydrogens (tertiary/aromatic N) is 4. The summed E-state index contributed by atoms with van der Waals surface area (Å²) in [6.45, 7) is 1.41.